The summed E-state index contributed by atoms with van der Waals surface area (Å²) in [6.07, 6.45) is 8.26. The molecule has 3 aliphatic heterocycles. The number of hydrogen-bond donors (Lipinski definition) is 1. The van der Waals surface area contributed by atoms with Crippen LogP contribution >= 0.6 is 0 Å². The van der Waals surface area contributed by atoms with Crippen LogP contribution in [0.15, 0.2) is 23.8 Å². The second-order valence-corrected chi connectivity index (χ2v) is 8.46. The molecule has 0 saturated carbocycles. The molecule has 3 aliphatic rings. The van der Waals surface area contributed by atoms with Gasteiger partial charge in [0.15, 0.2) is 0 Å². The molecule has 3 heterocycles. The summed E-state index contributed by atoms with van der Waals surface area (Å²) < 4.78 is 12.2. The first-order valence-electron chi connectivity index (χ1n) is 9.08. The molecule has 2 fully saturated rings. The highest BCUT2D eigenvalue weighted by Gasteiger charge is 2.52. The Hall–Kier alpha value is -0.640. The third kappa shape index (κ3) is 3.57. The van der Waals surface area contributed by atoms with Gasteiger partial charge in [0.05, 0.1) is 29.5 Å². The average molecular weight is 320 g/mol. The van der Waals surface area contributed by atoms with Gasteiger partial charge in [0.2, 0.25) is 0 Å². The second-order valence-electron chi connectivity index (χ2n) is 8.46. The van der Waals surface area contributed by atoms with Gasteiger partial charge in [-0.25, -0.2) is 0 Å². The van der Waals surface area contributed by atoms with Crippen molar-refractivity contribution in [1.82, 2.24) is 0 Å². The predicted octanol–water partition coefficient (Wildman–Crippen LogP) is 4.16. The number of ether oxygens (including phenoxy) is 2. The van der Waals surface area contributed by atoms with Gasteiger partial charge in [0, 0.05) is 5.92 Å². The molecule has 0 amide bonds. The summed E-state index contributed by atoms with van der Waals surface area (Å²) >= 11 is 0. The third-order valence-corrected chi connectivity index (χ3v) is 6.19. The zero-order valence-corrected chi connectivity index (χ0v) is 15.1. The smallest absolute Gasteiger partial charge is 0.0923 e. The van der Waals surface area contributed by atoms with Crippen molar-refractivity contribution in [2.45, 2.75) is 95.7 Å². The molecule has 0 radical (unpaired) electrons. The minimum Gasteiger partial charge on any atom is -0.387 e. The van der Waals surface area contributed by atoms with E-state index in [4.69, 9.17) is 9.47 Å². The van der Waals surface area contributed by atoms with Crippen LogP contribution < -0.4 is 0 Å². The zero-order chi connectivity index (χ0) is 16.8. The first-order valence-corrected chi connectivity index (χ1v) is 9.08. The molecule has 0 aromatic carbocycles. The topological polar surface area (TPSA) is 42.0 Å². The van der Waals surface area contributed by atoms with E-state index in [-0.39, 0.29) is 23.9 Å². The quantitative estimate of drug-likeness (QED) is 0.583. The molecule has 2 saturated heterocycles. The minimum atomic E-state index is -0.791. The molecule has 23 heavy (non-hydrogen) atoms. The van der Waals surface area contributed by atoms with Crippen molar-refractivity contribution in [1.29, 1.82) is 0 Å². The molecule has 3 heteroatoms. The fourth-order valence-corrected chi connectivity index (χ4v) is 4.32. The monoisotopic (exact) mass is 320 g/mol. The van der Waals surface area contributed by atoms with Gasteiger partial charge in [-0.05, 0) is 66.2 Å². The molecule has 0 unspecified atom stereocenters. The highest BCUT2D eigenvalue weighted by Crippen LogP contribution is 2.46. The standard InChI is InChI=1S/C20H32O3/c1-13(2)15-12-18-19(4,21)10-8-17-20(5,23-17)9-6-7-14(3)11-16(15)22-18/h7,15-18,21H,1,6,8-12H2,2-5H3/t15-,16+,17+,18-,19+,20+/m1/s1. The molecule has 0 aliphatic carbocycles. The van der Waals surface area contributed by atoms with E-state index in [9.17, 15) is 5.11 Å². The van der Waals surface area contributed by atoms with Gasteiger partial charge >= 0.3 is 0 Å². The van der Waals surface area contributed by atoms with E-state index in [2.05, 4.69) is 33.4 Å². The Morgan fingerprint density at radius 2 is 2.04 bits per heavy atom. The van der Waals surface area contributed by atoms with Crippen LogP contribution in [0.5, 0.6) is 0 Å². The van der Waals surface area contributed by atoms with Gasteiger partial charge in [-0.2, -0.15) is 0 Å². The van der Waals surface area contributed by atoms with Crippen LogP contribution in [0.2, 0.25) is 0 Å². The molecular weight excluding hydrogens is 288 g/mol. The van der Waals surface area contributed by atoms with Crippen molar-refractivity contribution < 1.29 is 14.6 Å². The van der Waals surface area contributed by atoms with E-state index < -0.39 is 5.60 Å². The van der Waals surface area contributed by atoms with Crippen LogP contribution in [-0.2, 0) is 9.47 Å². The molecule has 0 aromatic heterocycles. The highest BCUT2D eigenvalue weighted by molar-refractivity contribution is 5.12. The van der Waals surface area contributed by atoms with Crippen LogP contribution in [0.3, 0.4) is 0 Å². The van der Waals surface area contributed by atoms with E-state index in [1.807, 2.05) is 6.92 Å². The van der Waals surface area contributed by atoms with Gasteiger partial charge in [-0.15, -0.1) is 0 Å². The Balaban J connectivity index is 1.81. The first-order chi connectivity index (χ1) is 10.7. The zero-order valence-electron chi connectivity index (χ0n) is 15.1. The van der Waals surface area contributed by atoms with Crippen LogP contribution in [-0.4, -0.2) is 34.6 Å². The molecular formula is C20H32O3. The first kappa shape index (κ1) is 17.2. The predicted molar refractivity (Wildman–Crippen MR) is 92.3 cm³/mol. The van der Waals surface area contributed by atoms with Crippen molar-refractivity contribution in [3.05, 3.63) is 23.8 Å². The van der Waals surface area contributed by atoms with E-state index in [0.717, 1.165) is 38.5 Å². The Labute approximate surface area is 140 Å². The number of allylic oxidation sites excluding steroid dienone is 1. The molecule has 130 valence electrons. The molecule has 1 N–H and O–H groups in total. The molecule has 3 rings (SSSR count). The van der Waals surface area contributed by atoms with E-state index in [0.29, 0.717) is 5.92 Å². The lowest BCUT2D eigenvalue weighted by Crippen LogP contribution is -2.39. The number of rotatable bonds is 1. The van der Waals surface area contributed by atoms with E-state index >= 15 is 0 Å². The van der Waals surface area contributed by atoms with Crippen molar-refractivity contribution in [2.24, 2.45) is 5.92 Å². The molecule has 0 aromatic rings. The van der Waals surface area contributed by atoms with Gasteiger partial charge < -0.3 is 14.6 Å². The summed E-state index contributed by atoms with van der Waals surface area (Å²) in [4.78, 5) is 0. The second kappa shape index (κ2) is 6.02. The lowest BCUT2D eigenvalue weighted by Gasteiger charge is -2.30. The fraction of sp³-hybridized carbons (Fsp3) is 0.800. The minimum absolute atomic E-state index is 0.0149. The average Bonchev–Trinajstić information content (AvgIpc) is 2.89. The maximum Gasteiger partial charge on any atom is 0.0923 e. The van der Waals surface area contributed by atoms with Gasteiger partial charge in [-0.1, -0.05) is 23.8 Å². The fourth-order valence-electron chi connectivity index (χ4n) is 4.32. The van der Waals surface area contributed by atoms with Crippen molar-refractivity contribution in [3.63, 3.8) is 0 Å². The summed E-state index contributed by atoms with van der Waals surface area (Å²) in [6.45, 7) is 12.6. The lowest BCUT2D eigenvalue weighted by molar-refractivity contribution is -0.0987. The van der Waals surface area contributed by atoms with Crippen LogP contribution in [0.1, 0.15) is 66.2 Å². The van der Waals surface area contributed by atoms with Crippen LogP contribution in [0.25, 0.3) is 0 Å². The summed E-state index contributed by atoms with van der Waals surface area (Å²) in [5.41, 5.74) is 1.77. The van der Waals surface area contributed by atoms with Crippen LogP contribution in [0.4, 0.5) is 0 Å². The lowest BCUT2D eigenvalue weighted by atomic mass is 9.83. The summed E-state index contributed by atoms with van der Waals surface area (Å²) in [6, 6.07) is 0. The Morgan fingerprint density at radius 3 is 2.74 bits per heavy atom. The highest BCUT2D eigenvalue weighted by atomic mass is 16.6. The van der Waals surface area contributed by atoms with Gasteiger partial charge in [0.1, 0.15) is 0 Å². The molecule has 0 spiro atoms. The van der Waals surface area contributed by atoms with Gasteiger partial charge in [0.25, 0.3) is 0 Å². The molecule has 6 atom stereocenters. The van der Waals surface area contributed by atoms with Crippen molar-refractivity contribution in [2.75, 3.05) is 0 Å². The Bertz CT molecular complexity index is 507. The number of epoxide rings is 1. The summed E-state index contributed by atoms with van der Waals surface area (Å²) in [5, 5.41) is 11.0. The van der Waals surface area contributed by atoms with Crippen molar-refractivity contribution in [3.8, 4) is 0 Å². The maximum atomic E-state index is 11.0. The number of aliphatic hydroxyl groups is 1. The Morgan fingerprint density at radius 1 is 1.30 bits per heavy atom. The summed E-state index contributed by atoms with van der Waals surface area (Å²) in [5.74, 6) is 0.347. The normalized spacial score (nSPS) is 47.6. The Kier molecular flexibility index (Phi) is 4.50. The van der Waals surface area contributed by atoms with Crippen LogP contribution in [0, 0.1) is 5.92 Å². The third-order valence-electron chi connectivity index (χ3n) is 6.19. The van der Waals surface area contributed by atoms with E-state index in [1.165, 1.54) is 11.1 Å². The SMILES string of the molecule is C=C(C)[C@H]1C[C@H]2O[C@H]1CC(C)=CCC[C@]1(C)O[C@H]1CC[C@]2(C)O. The maximum absolute atomic E-state index is 11.0. The van der Waals surface area contributed by atoms with Gasteiger partial charge in [-0.3, -0.25) is 0 Å². The number of hydrogen-bond acceptors (Lipinski definition) is 3. The molecule has 2 bridgehead atoms. The largest absolute Gasteiger partial charge is 0.387 e. The summed E-state index contributed by atoms with van der Waals surface area (Å²) in [7, 11) is 0. The van der Waals surface area contributed by atoms with Crippen molar-refractivity contribution >= 4 is 0 Å². The molecule has 3 nitrogen and oxygen atoms in total. The van der Waals surface area contributed by atoms with E-state index in [1.54, 1.807) is 0 Å². The number of fused-ring (bicyclic) bond motifs is 3.